The summed E-state index contributed by atoms with van der Waals surface area (Å²) < 4.78 is 39.0. The molecule has 0 fully saturated rings. The number of sulfonamides is 1. The van der Waals surface area contributed by atoms with Crippen LogP contribution in [-0.2, 0) is 16.6 Å². The first-order valence-corrected chi connectivity index (χ1v) is 7.61. The minimum Gasteiger partial charge on any atom is -0.207 e. The van der Waals surface area contributed by atoms with E-state index in [1.165, 1.54) is 29.6 Å². The Kier molecular flexibility index (Phi) is 4.20. The lowest BCUT2D eigenvalue weighted by Crippen LogP contribution is -2.26. The highest BCUT2D eigenvalue weighted by Gasteiger charge is 2.21. The summed E-state index contributed by atoms with van der Waals surface area (Å²) in [6.07, 6.45) is 0. The molecule has 5 heteroatoms. The van der Waals surface area contributed by atoms with Gasteiger partial charge < -0.3 is 0 Å². The van der Waals surface area contributed by atoms with Gasteiger partial charge in [-0.05, 0) is 30.7 Å². The average Bonchev–Trinajstić information content (AvgIpc) is 2.41. The second-order valence-electron chi connectivity index (χ2n) is 4.70. The molecule has 0 N–H and O–H groups in total. The van der Waals surface area contributed by atoms with Crippen molar-refractivity contribution in [1.29, 1.82) is 0 Å². The van der Waals surface area contributed by atoms with E-state index < -0.39 is 15.8 Å². The van der Waals surface area contributed by atoms with Crippen LogP contribution in [0.5, 0.6) is 0 Å². The maximum atomic E-state index is 13.1. The molecule has 0 spiro atoms. The van der Waals surface area contributed by atoms with Gasteiger partial charge in [-0.15, -0.1) is 0 Å². The van der Waals surface area contributed by atoms with Crippen LogP contribution in [0, 0.1) is 12.7 Å². The van der Waals surface area contributed by atoms with Gasteiger partial charge in [0.2, 0.25) is 10.0 Å². The van der Waals surface area contributed by atoms with Crippen LogP contribution in [0.3, 0.4) is 0 Å². The molecule has 0 atom stereocenters. The molecule has 20 heavy (non-hydrogen) atoms. The molecule has 0 aliphatic carbocycles. The highest BCUT2D eigenvalue weighted by atomic mass is 32.2. The predicted octanol–water partition coefficient (Wildman–Crippen LogP) is 2.95. The van der Waals surface area contributed by atoms with Crippen molar-refractivity contribution in [1.82, 2.24) is 4.31 Å². The Morgan fingerprint density at radius 2 is 1.75 bits per heavy atom. The van der Waals surface area contributed by atoms with Crippen molar-refractivity contribution >= 4 is 10.0 Å². The Morgan fingerprint density at radius 3 is 2.35 bits per heavy atom. The Hall–Kier alpha value is -1.72. The van der Waals surface area contributed by atoms with Crippen molar-refractivity contribution in [3.8, 4) is 0 Å². The summed E-state index contributed by atoms with van der Waals surface area (Å²) in [5.41, 5.74) is 2.00. The van der Waals surface area contributed by atoms with Gasteiger partial charge >= 0.3 is 0 Å². The van der Waals surface area contributed by atoms with Crippen LogP contribution >= 0.6 is 0 Å². The van der Waals surface area contributed by atoms with E-state index in [9.17, 15) is 12.8 Å². The van der Waals surface area contributed by atoms with Gasteiger partial charge in [-0.2, -0.15) is 4.31 Å². The van der Waals surface area contributed by atoms with Crippen molar-refractivity contribution in [3.05, 3.63) is 65.5 Å². The van der Waals surface area contributed by atoms with Gasteiger partial charge in [0.1, 0.15) is 5.82 Å². The number of halogens is 1. The number of rotatable bonds is 4. The van der Waals surface area contributed by atoms with Crippen LogP contribution in [0.15, 0.2) is 53.4 Å². The molecule has 0 saturated carbocycles. The lowest BCUT2D eigenvalue weighted by molar-refractivity contribution is 0.466. The molecule has 0 radical (unpaired) electrons. The van der Waals surface area contributed by atoms with Crippen molar-refractivity contribution in [3.63, 3.8) is 0 Å². The summed E-state index contributed by atoms with van der Waals surface area (Å²) in [4.78, 5) is -0.0351. The molecule has 3 nitrogen and oxygen atoms in total. The number of nitrogens with zero attached hydrogens (tertiary/aromatic N) is 1. The van der Waals surface area contributed by atoms with Gasteiger partial charge in [0, 0.05) is 13.6 Å². The van der Waals surface area contributed by atoms with E-state index in [4.69, 9.17) is 0 Å². The molecule has 0 aliphatic heterocycles. The zero-order valence-corrected chi connectivity index (χ0v) is 12.2. The van der Waals surface area contributed by atoms with Crippen LogP contribution in [0.1, 0.15) is 11.1 Å². The van der Waals surface area contributed by atoms with Gasteiger partial charge in [0.15, 0.2) is 0 Å². The Morgan fingerprint density at radius 1 is 1.10 bits per heavy atom. The highest BCUT2D eigenvalue weighted by Crippen LogP contribution is 2.17. The van der Waals surface area contributed by atoms with E-state index in [0.29, 0.717) is 0 Å². The molecular weight excluding hydrogens is 277 g/mol. The molecule has 0 aliphatic rings. The maximum absolute atomic E-state index is 13.1. The number of aryl methyl sites for hydroxylation is 1. The number of hydrogen-bond donors (Lipinski definition) is 0. The van der Waals surface area contributed by atoms with Gasteiger partial charge in [0.25, 0.3) is 0 Å². The minimum absolute atomic E-state index is 0.0351. The molecule has 0 amide bonds. The third-order valence-corrected chi connectivity index (χ3v) is 4.83. The lowest BCUT2D eigenvalue weighted by atomic mass is 10.1. The molecule has 0 heterocycles. The lowest BCUT2D eigenvalue weighted by Gasteiger charge is -2.17. The molecule has 0 saturated heterocycles. The largest absolute Gasteiger partial charge is 0.243 e. The Labute approximate surface area is 118 Å². The number of benzene rings is 2. The number of hydrogen-bond acceptors (Lipinski definition) is 2. The summed E-state index contributed by atoms with van der Waals surface area (Å²) >= 11 is 0. The minimum atomic E-state index is -3.68. The second kappa shape index (κ2) is 5.73. The second-order valence-corrected chi connectivity index (χ2v) is 6.75. The van der Waals surface area contributed by atoms with Crippen molar-refractivity contribution in [2.24, 2.45) is 0 Å². The standard InChI is InChI=1S/C15H16FNO2S/c1-12-6-8-13(9-7-12)11-17(2)20(18,19)15-5-3-4-14(16)10-15/h3-10H,11H2,1-2H3. The fourth-order valence-electron chi connectivity index (χ4n) is 1.84. The quantitative estimate of drug-likeness (QED) is 0.869. The summed E-state index contributed by atoms with van der Waals surface area (Å²) in [5.74, 6) is -0.560. The first-order chi connectivity index (χ1) is 9.39. The summed E-state index contributed by atoms with van der Waals surface area (Å²) in [6.45, 7) is 2.22. The Balaban J connectivity index is 2.23. The Bertz CT molecular complexity index is 696. The van der Waals surface area contributed by atoms with E-state index in [1.807, 2.05) is 31.2 Å². The molecule has 0 aromatic heterocycles. The van der Waals surface area contributed by atoms with Gasteiger partial charge in [-0.25, -0.2) is 12.8 Å². The van der Waals surface area contributed by atoms with Crippen molar-refractivity contribution in [2.45, 2.75) is 18.4 Å². The van der Waals surface area contributed by atoms with Gasteiger partial charge in [-0.3, -0.25) is 0 Å². The zero-order chi connectivity index (χ0) is 14.8. The van der Waals surface area contributed by atoms with Crippen LogP contribution < -0.4 is 0 Å². The van der Waals surface area contributed by atoms with E-state index in [-0.39, 0.29) is 11.4 Å². The molecule has 2 rings (SSSR count). The third kappa shape index (κ3) is 3.23. The van der Waals surface area contributed by atoms with Crippen molar-refractivity contribution in [2.75, 3.05) is 7.05 Å². The molecular formula is C15H16FNO2S. The SMILES string of the molecule is Cc1ccc(CN(C)S(=O)(=O)c2cccc(F)c2)cc1. The smallest absolute Gasteiger partial charge is 0.207 e. The van der Waals surface area contributed by atoms with Crippen LogP contribution in [0.4, 0.5) is 4.39 Å². The van der Waals surface area contributed by atoms with Crippen molar-refractivity contribution < 1.29 is 12.8 Å². The molecule has 2 aromatic carbocycles. The van der Waals surface area contributed by atoms with E-state index in [0.717, 1.165) is 17.2 Å². The normalized spacial score (nSPS) is 11.8. The highest BCUT2D eigenvalue weighted by molar-refractivity contribution is 7.89. The fraction of sp³-hybridized carbons (Fsp3) is 0.200. The van der Waals surface area contributed by atoms with E-state index >= 15 is 0 Å². The molecule has 0 unspecified atom stereocenters. The molecule has 0 bridgehead atoms. The topological polar surface area (TPSA) is 37.4 Å². The first kappa shape index (κ1) is 14.7. The van der Waals surface area contributed by atoms with E-state index in [2.05, 4.69) is 0 Å². The van der Waals surface area contributed by atoms with Crippen LogP contribution in [0.2, 0.25) is 0 Å². The fourth-order valence-corrected chi connectivity index (χ4v) is 3.03. The summed E-state index contributed by atoms with van der Waals surface area (Å²) in [5, 5.41) is 0. The van der Waals surface area contributed by atoms with Gasteiger partial charge in [0.05, 0.1) is 4.90 Å². The first-order valence-electron chi connectivity index (χ1n) is 6.17. The maximum Gasteiger partial charge on any atom is 0.243 e. The third-order valence-electron chi connectivity index (χ3n) is 3.03. The monoisotopic (exact) mass is 293 g/mol. The molecule has 106 valence electrons. The summed E-state index contributed by atoms with van der Waals surface area (Å²) in [6, 6.07) is 12.7. The van der Waals surface area contributed by atoms with Gasteiger partial charge in [-0.1, -0.05) is 35.9 Å². The van der Waals surface area contributed by atoms with Crippen LogP contribution in [-0.4, -0.2) is 19.8 Å². The summed E-state index contributed by atoms with van der Waals surface area (Å²) in [7, 11) is -2.19. The predicted molar refractivity (Wildman–Crippen MR) is 76.2 cm³/mol. The average molecular weight is 293 g/mol. The van der Waals surface area contributed by atoms with E-state index in [1.54, 1.807) is 0 Å². The zero-order valence-electron chi connectivity index (χ0n) is 11.4. The molecule has 2 aromatic rings. The van der Waals surface area contributed by atoms with Crippen LogP contribution in [0.25, 0.3) is 0 Å².